The van der Waals surface area contributed by atoms with Gasteiger partial charge in [-0.15, -0.1) is 0 Å². The number of nitrogens with one attached hydrogen (secondary N) is 1. The molecule has 25 heavy (non-hydrogen) atoms. The monoisotopic (exact) mass is 427 g/mol. The van der Waals surface area contributed by atoms with Crippen molar-refractivity contribution in [1.29, 1.82) is 0 Å². The number of hydroxylamine groups is 1. The van der Waals surface area contributed by atoms with E-state index < -0.39 is 0 Å². The zero-order valence-corrected chi connectivity index (χ0v) is 16.9. The van der Waals surface area contributed by atoms with Crippen LogP contribution in [0.15, 0.2) is 35.0 Å². The lowest BCUT2D eigenvalue weighted by Gasteiger charge is -2.12. The Morgan fingerprint density at radius 1 is 1.08 bits per heavy atom. The van der Waals surface area contributed by atoms with E-state index in [-0.39, 0.29) is 11.1 Å². The molecule has 0 saturated carbocycles. The summed E-state index contributed by atoms with van der Waals surface area (Å²) in [5.74, 6) is 0.944. The molecule has 140 valence electrons. The first-order valence-corrected chi connectivity index (χ1v) is 9.34. The number of rotatable bonds is 12. The van der Waals surface area contributed by atoms with Crippen LogP contribution in [0.1, 0.15) is 26.2 Å². The largest absolute Gasteiger partial charge is 0.490 e. The summed E-state index contributed by atoms with van der Waals surface area (Å²) in [5, 5.41) is 0.761. The van der Waals surface area contributed by atoms with Crippen molar-refractivity contribution in [2.45, 2.75) is 26.2 Å². The van der Waals surface area contributed by atoms with Crippen LogP contribution in [0.3, 0.4) is 0 Å². The molecule has 0 atom stereocenters. The van der Waals surface area contributed by atoms with Crippen molar-refractivity contribution >= 4 is 46.4 Å². The Morgan fingerprint density at radius 3 is 2.40 bits per heavy atom. The lowest BCUT2D eigenvalue weighted by atomic mass is 10.3. The maximum Gasteiger partial charge on any atom is 0.156 e. The molecule has 0 heterocycles. The molecule has 0 radical (unpaired) electrons. The summed E-state index contributed by atoms with van der Waals surface area (Å²) in [6.45, 7) is 3.34. The highest BCUT2D eigenvalue weighted by molar-refractivity contribution is 6.55. The quantitative estimate of drug-likeness (QED) is 0.313. The van der Waals surface area contributed by atoms with Crippen LogP contribution in [0.5, 0.6) is 11.5 Å². The lowest BCUT2D eigenvalue weighted by Crippen LogP contribution is -2.09. The van der Waals surface area contributed by atoms with E-state index in [1.165, 1.54) is 6.08 Å². The fourth-order valence-corrected chi connectivity index (χ4v) is 2.38. The predicted octanol–water partition coefficient (Wildman–Crippen LogP) is 6.30. The summed E-state index contributed by atoms with van der Waals surface area (Å²) >= 11 is 23.4. The van der Waals surface area contributed by atoms with Crippen molar-refractivity contribution in [1.82, 2.24) is 5.48 Å². The van der Waals surface area contributed by atoms with Gasteiger partial charge in [-0.1, -0.05) is 59.4 Å². The SMILES string of the molecule is CCC=CNOCCCCOc1c(Cl)cc(OCC=C(Cl)Cl)cc1Cl. The van der Waals surface area contributed by atoms with Gasteiger partial charge in [0.05, 0.1) is 23.3 Å². The minimum Gasteiger partial charge on any atom is -0.490 e. The summed E-state index contributed by atoms with van der Waals surface area (Å²) in [6.07, 6.45) is 7.88. The second-order valence-electron chi connectivity index (χ2n) is 4.85. The van der Waals surface area contributed by atoms with Gasteiger partial charge in [-0.05, 0) is 25.3 Å². The molecule has 0 aliphatic heterocycles. The Labute approximate surface area is 168 Å². The molecule has 1 aromatic rings. The average molecular weight is 429 g/mol. The van der Waals surface area contributed by atoms with Crippen LogP contribution in [0.25, 0.3) is 0 Å². The van der Waals surface area contributed by atoms with Crippen LogP contribution >= 0.6 is 46.4 Å². The van der Waals surface area contributed by atoms with Crippen molar-refractivity contribution < 1.29 is 14.3 Å². The summed E-state index contributed by atoms with van der Waals surface area (Å²) in [5.41, 5.74) is 2.74. The Bertz CT molecular complexity index is 552. The third kappa shape index (κ3) is 10.1. The molecule has 0 fully saturated rings. The van der Waals surface area contributed by atoms with Crippen LogP contribution in [0.4, 0.5) is 0 Å². The maximum absolute atomic E-state index is 6.19. The summed E-state index contributed by atoms with van der Waals surface area (Å²) in [7, 11) is 0. The van der Waals surface area contributed by atoms with E-state index in [2.05, 4.69) is 12.4 Å². The Morgan fingerprint density at radius 2 is 1.76 bits per heavy atom. The fourth-order valence-electron chi connectivity index (χ4n) is 1.68. The van der Waals surface area contributed by atoms with Gasteiger partial charge >= 0.3 is 0 Å². The second-order valence-corrected chi connectivity index (χ2v) is 6.68. The third-order valence-corrected chi connectivity index (χ3v) is 3.72. The molecule has 0 aliphatic rings. The number of unbranched alkanes of at least 4 members (excludes halogenated alkanes) is 1. The van der Waals surface area contributed by atoms with Gasteiger partial charge in [0.1, 0.15) is 16.8 Å². The summed E-state index contributed by atoms with van der Waals surface area (Å²) in [4.78, 5) is 5.22. The number of benzene rings is 1. The molecule has 1 N–H and O–H groups in total. The van der Waals surface area contributed by atoms with E-state index in [0.717, 1.165) is 19.3 Å². The molecule has 0 bridgehead atoms. The normalized spacial score (nSPS) is 10.8. The van der Waals surface area contributed by atoms with Crippen molar-refractivity contribution in [3.05, 3.63) is 45.0 Å². The molecule has 8 heteroatoms. The number of halogens is 4. The van der Waals surface area contributed by atoms with Crippen LogP contribution in [0, 0.1) is 0 Å². The van der Waals surface area contributed by atoms with Gasteiger partial charge in [0, 0.05) is 18.3 Å². The molecule has 4 nitrogen and oxygen atoms in total. The van der Waals surface area contributed by atoms with Gasteiger partial charge < -0.3 is 9.47 Å². The van der Waals surface area contributed by atoms with Gasteiger partial charge in [-0.3, -0.25) is 10.3 Å². The van der Waals surface area contributed by atoms with Crippen molar-refractivity contribution in [2.75, 3.05) is 19.8 Å². The van der Waals surface area contributed by atoms with Crippen molar-refractivity contribution in [3.63, 3.8) is 0 Å². The van der Waals surface area contributed by atoms with Crippen LogP contribution in [0.2, 0.25) is 10.0 Å². The Kier molecular flexibility index (Phi) is 12.0. The topological polar surface area (TPSA) is 39.7 Å². The van der Waals surface area contributed by atoms with Crippen LogP contribution < -0.4 is 15.0 Å². The van der Waals surface area contributed by atoms with Gasteiger partial charge in [0.15, 0.2) is 5.75 Å². The number of hydrogen-bond donors (Lipinski definition) is 1. The number of hydrogen-bond acceptors (Lipinski definition) is 4. The van der Waals surface area contributed by atoms with Crippen LogP contribution in [-0.4, -0.2) is 19.8 Å². The third-order valence-electron chi connectivity index (χ3n) is 2.85. The summed E-state index contributed by atoms with van der Waals surface area (Å²) < 4.78 is 11.2. The molecule has 0 aromatic heterocycles. The molecule has 1 rings (SSSR count). The predicted molar refractivity (Wildman–Crippen MR) is 105 cm³/mol. The van der Waals surface area contributed by atoms with Gasteiger partial charge in [-0.25, -0.2) is 0 Å². The van der Waals surface area contributed by atoms with Crippen LogP contribution in [-0.2, 0) is 4.84 Å². The maximum atomic E-state index is 6.19. The molecule has 0 amide bonds. The summed E-state index contributed by atoms with van der Waals surface area (Å²) in [6, 6.07) is 3.26. The average Bonchev–Trinajstić information content (AvgIpc) is 2.55. The van der Waals surface area contributed by atoms with E-state index in [0.29, 0.717) is 34.8 Å². The van der Waals surface area contributed by atoms with Gasteiger partial charge in [-0.2, -0.15) is 0 Å². The first-order chi connectivity index (χ1) is 12.0. The second kappa shape index (κ2) is 13.4. The van der Waals surface area contributed by atoms with Gasteiger partial charge in [0.25, 0.3) is 0 Å². The molecule has 0 unspecified atom stereocenters. The number of allylic oxidation sites excluding steroid dienone is 1. The molecule has 1 aromatic carbocycles. The zero-order valence-electron chi connectivity index (χ0n) is 13.9. The smallest absolute Gasteiger partial charge is 0.156 e. The zero-order chi connectivity index (χ0) is 18.5. The number of ether oxygens (including phenoxy) is 2. The van der Waals surface area contributed by atoms with Crippen molar-refractivity contribution in [3.8, 4) is 11.5 Å². The van der Waals surface area contributed by atoms with E-state index in [1.54, 1.807) is 18.3 Å². The molecule has 0 aliphatic carbocycles. The standard InChI is InChI=1S/C17H21Cl4NO3/c1-2-3-7-22-25-9-5-4-8-24-17-14(18)11-13(12-15(17)19)23-10-6-16(20)21/h3,6-7,11-12,22H,2,4-5,8-10H2,1H3. The minimum atomic E-state index is 0.137. The van der Waals surface area contributed by atoms with E-state index >= 15 is 0 Å². The van der Waals surface area contributed by atoms with E-state index in [1.807, 2.05) is 6.08 Å². The Balaban J connectivity index is 2.34. The minimum absolute atomic E-state index is 0.137. The highest BCUT2D eigenvalue weighted by Gasteiger charge is 2.10. The first-order valence-electron chi connectivity index (χ1n) is 7.82. The molecular formula is C17H21Cl4NO3. The lowest BCUT2D eigenvalue weighted by molar-refractivity contribution is 0.0661. The van der Waals surface area contributed by atoms with E-state index in [4.69, 9.17) is 60.7 Å². The highest BCUT2D eigenvalue weighted by Crippen LogP contribution is 2.37. The molecule has 0 saturated heterocycles. The fraction of sp³-hybridized carbons (Fsp3) is 0.412. The molecule has 0 spiro atoms. The van der Waals surface area contributed by atoms with Crippen molar-refractivity contribution in [2.24, 2.45) is 0 Å². The first kappa shape index (κ1) is 22.3. The highest BCUT2D eigenvalue weighted by atomic mass is 35.5. The van der Waals surface area contributed by atoms with E-state index in [9.17, 15) is 0 Å². The van der Waals surface area contributed by atoms with Gasteiger partial charge in [0.2, 0.25) is 0 Å². The molecular weight excluding hydrogens is 408 g/mol. The Hall–Kier alpha value is -0.780.